The molecule has 1 aromatic carbocycles. The average molecular weight is 206 g/mol. The summed E-state index contributed by atoms with van der Waals surface area (Å²) < 4.78 is 40.5. The predicted octanol–water partition coefficient (Wildman–Crippen LogP) is 1.05. The fourth-order valence-electron chi connectivity index (χ4n) is 0.844. The Hall–Kier alpha value is -1.21. The molecule has 0 unspecified atom stereocenters. The van der Waals surface area contributed by atoms with Gasteiger partial charge in [-0.1, -0.05) is 0 Å². The van der Waals surface area contributed by atoms with Crippen LogP contribution in [0.2, 0.25) is 0 Å². The van der Waals surface area contributed by atoms with Crippen LogP contribution in [0.15, 0.2) is 24.3 Å². The molecule has 2 N–H and O–H groups in total. The van der Waals surface area contributed by atoms with Crippen LogP contribution in [0.25, 0.3) is 0 Å². The second-order valence-electron chi connectivity index (χ2n) is 2.47. The highest BCUT2D eigenvalue weighted by atomic mass is 19.4. The van der Waals surface area contributed by atoms with Crippen molar-refractivity contribution in [3.63, 3.8) is 0 Å². The van der Waals surface area contributed by atoms with Crippen molar-refractivity contribution >= 4 is 7.32 Å². The molecule has 0 bridgehead atoms. The molecule has 0 heterocycles. The van der Waals surface area contributed by atoms with Crippen molar-refractivity contribution in [1.29, 1.82) is 0 Å². The SMILES string of the molecule is OB(O)Oc1ccc(C(F)(F)F)cc1. The molecule has 3 nitrogen and oxygen atoms in total. The summed E-state index contributed by atoms with van der Waals surface area (Å²) in [5, 5.41) is 16.7. The summed E-state index contributed by atoms with van der Waals surface area (Å²) in [6.07, 6.45) is -4.41. The van der Waals surface area contributed by atoms with Crippen molar-refractivity contribution in [3.05, 3.63) is 29.8 Å². The summed E-state index contributed by atoms with van der Waals surface area (Å²) in [4.78, 5) is 0. The highest BCUT2D eigenvalue weighted by Gasteiger charge is 2.30. The lowest BCUT2D eigenvalue weighted by molar-refractivity contribution is -0.137. The van der Waals surface area contributed by atoms with E-state index in [0.29, 0.717) is 0 Å². The molecule has 1 aromatic rings. The van der Waals surface area contributed by atoms with Crippen molar-refractivity contribution in [3.8, 4) is 5.75 Å². The van der Waals surface area contributed by atoms with Crippen molar-refractivity contribution < 1.29 is 27.9 Å². The Bertz CT molecular complexity index is 296. The predicted molar refractivity (Wildman–Crippen MR) is 42.3 cm³/mol. The number of benzene rings is 1. The van der Waals surface area contributed by atoms with Gasteiger partial charge in [0.1, 0.15) is 5.75 Å². The van der Waals surface area contributed by atoms with Crippen LogP contribution in [-0.2, 0) is 6.18 Å². The van der Waals surface area contributed by atoms with Gasteiger partial charge >= 0.3 is 13.5 Å². The van der Waals surface area contributed by atoms with Crippen LogP contribution in [0.4, 0.5) is 13.2 Å². The van der Waals surface area contributed by atoms with E-state index in [-0.39, 0.29) is 5.75 Å². The van der Waals surface area contributed by atoms with Crippen molar-refractivity contribution in [1.82, 2.24) is 0 Å². The molecule has 14 heavy (non-hydrogen) atoms. The van der Waals surface area contributed by atoms with Crippen molar-refractivity contribution in [2.75, 3.05) is 0 Å². The summed E-state index contributed by atoms with van der Waals surface area (Å²) >= 11 is 0. The number of alkyl halides is 3. The molecule has 0 aromatic heterocycles. The third kappa shape index (κ3) is 2.93. The summed E-state index contributed by atoms with van der Waals surface area (Å²) in [7, 11) is -2.04. The summed E-state index contributed by atoms with van der Waals surface area (Å²) in [5.74, 6) is -0.0481. The normalized spacial score (nSPS) is 11.2. The lowest BCUT2D eigenvalue weighted by Crippen LogP contribution is -2.20. The third-order valence-corrected chi connectivity index (χ3v) is 1.42. The first-order valence-corrected chi connectivity index (χ1v) is 3.59. The lowest BCUT2D eigenvalue weighted by Gasteiger charge is -2.08. The summed E-state index contributed by atoms with van der Waals surface area (Å²) in [5.41, 5.74) is -0.822. The quantitative estimate of drug-likeness (QED) is 0.711. The maximum Gasteiger partial charge on any atom is 0.707 e. The van der Waals surface area contributed by atoms with Gasteiger partial charge in [0.25, 0.3) is 0 Å². The highest BCUT2D eigenvalue weighted by molar-refractivity contribution is 6.33. The first-order chi connectivity index (χ1) is 6.39. The molecule has 0 aliphatic carbocycles. The van der Waals surface area contributed by atoms with Gasteiger partial charge in [0.05, 0.1) is 5.56 Å². The van der Waals surface area contributed by atoms with E-state index >= 15 is 0 Å². The van der Waals surface area contributed by atoms with E-state index in [1.807, 2.05) is 0 Å². The van der Waals surface area contributed by atoms with Crippen LogP contribution in [0.3, 0.4) is 0 Å². The minimum atomic E-state index is -4.41. The fraction of sp³-hybridized carbons (Fsp3) is 0.143. The third-order valence-electron chi connectivity index (χ3n) is 1.42. The van der Waals surface area contributed by atoms with Crippen LogP contribution >= 0.6 is 0 Å². The number of halogens is 3. The van der Waals surface area contributed by atoms with E-state index in [9.17, 15) is 13.2 Å². The zero-order chi connectivity index (χ0) is 10.8. The molecule has 0 saturated carbocycles. The molecule has 0 radical (unpaired) electrons. The van der Waals surface area contributed by atoms with Crippen LogP contribution in [-0.4, -0.2) is 17.4 Å². The minimum absolute atomic E-state index is 0.0481. The smallest absolute Gasteiger partial charge is 0.512 e. The van der Waals surface area contributed by atoms with E-state index in [1.54, 1.807) is 0 Å². The Labute approximate surface area is 77.9 Å². The molecule has 0 aliphatic heterocycles. The van der Waals surface area contributed by atoms with E-state index in [0.717, 1.165) is 24.3 Å². The highest BCUT2D eigenvalue weighted by Crippen LogP contribution is 2.30. The Morgan fingerprint density at radius 2 is 1.57 bits per heavy atom. The maximum absolute atomic E-state index is 12.0. The molecule has 0 amide bonds. The zero-order valence-corrected chi connectivity index (χ0v) is 6.82. The lowest BCUT2D eigenvalue weighted by atomic mass is 10.2. The molecule has 76 valence electrons. The van der Waals surface area contributed by atoms with Gasteiger partial charge in [-0.15, -0.1) is 0 Å². The standard InChI is InChI=1S/C7H6BF3O3/c9-7(10,11)5-1-3-6(4-2-5)14-8(12)13/h1-4,12-13H. The van der Waals surface area contributed by atoms with Crippen LogP contribution in [0, 0.1) is 0 Å². The number of hydrogen-bond acceptors (Lipinski definition) is 3. The molecule has 0 saturated heterocycles. The Balaban J connectivity index is 2.79. The van der Waals surface area contributed by atoms with Crippen molar-refractivity contribution in [2.45, 2.75) is 6.18 Å². The summed E-state index contributed by atoms with van der Waals surface area (Å²) in [6, 6.07) is 3.58. The van der Waals surface area contributed by atoms with Gasteiger partial charge in [0.2, 0.25) is 0 Å². The van der Waals surface area contributed by atoms with Gasteiger partial charge < -0.3 is 14.7 Å². The van der Waals surface area contributed by atoms with Gasteiger partial charge in [0.15, 0.2) is 0 Å². The van der Waals surface area contributed by atoms with Gasteiger partial charge in [-0.05, 0) is 24.3 Å². The van der Waals surface area contributed by atoms with Gasteiger partial charge in [0, 0.05) is 0 Å². The Morgan fingerprint density at radius 1 is 1.07 bits per heavy atom. The van der Waals surface area contributed by atoms with Gasteiger partial charge in [-0.2, -0.15) is 13.2 Å². The van der Waals surface area contributed by atoms with Gasteiger partial charge in [-0.3, -0.25) is 0 Å². The molecule has 0 atom stereocenters. The Kier molecular flexibility index (Phi) is 3.02. The Morgan fingerprint density at radius 3 is 1.93 bits per heavy atom. The molecular weight excluding hydrogens is 200 g/mol. The van der Waals surface area contributed by atoms with Crippen LogP contribution in [0.1, 0.15) is 5.56 Å². The maximum atomic E-state index is 12.0. The fourth-order valence-corrected chi connectivity index (χ4v) is 0.844. The van der Waals surface area contributed by atoms with Crippen molar-refractivity contribution in [2.24, 2.45) is 0 Å². The van der Waals surface area contributed by atoms with E-state index in [4.69, 9.17) is 10.0 Å². The first kappa shape index (κ1) is 10.9. The molecule has 7 heteroatoms. The van der Waals surface area contributed by atoms with Crippen LogP contribution in [0.5, 0.6) is 5.75 Å². The minimum Gasteiger partial charge on any atom is -0.512 e. The first-order valence-electron chi connectivity index (χ1n) is 3.59. The monoisotopic (exact) mass is 206 g/mol. The second-order valence-corrected chi connectivity index (χ2v) is 2.47. The molecule has 0 fully saturated rings. The van der Waals surface area contributed by atoms with E-state index in [2.05, 4.69) is 4.65 Å². The van der Waals surface area contributed by atoms with Crippen LogP contribution < -0.4 is 4.65 Å². The number of rotatable bonds is 2. The van der Waals surface area contributed by atoms with E-state index < -0.39 is 19.1 Å². The average Bonchev–Trinajstić information content (AvgIpc) is 2.02. The second kappa shape index (κ2) is 3.89. The molecule has 0 spiro atoms. The molecule has 0 aliphatic rings. The topological polar surface area (TPSA) is 49.7 Å². The molecular formula is C7H6BF3O3. The van der Waals surface area contributed by atoms with Gasteiger partial charge in [-0.25, -0.2) is 0 Å². The van der Waals surface area contributed by atoms with E-state index in [1.165, 1.54) is 0 Å². The largest absolute Gasteiger partial charge is 0.707 e. The molecule has 1 rings (SSSR count). The summed E-state index contributed by atoms with van der Waals surface area (Å²) in [6.45, 7) is 0. The zero-order valence-electron chi connectivity index (χ0n) is 6.82. The number of hydrogen-bond donors (Lipinski definition) is 2.